The summed E-state index contributed by atoms with van der Waals surface area (Å²) in [5.74, 6) is 2.17. The molecule has 3 aromatic heterocycles. The lowest BCUT2D eigenvalue weighted by atomic mass is 10.0. The van der Waals surface area contributed by atoms with E-state index in [9.17, 15) is 13.2 Å². The molecule has 1 aliphatic heterocycles. The van der Waals surface area contributed by atoms with Crippen LogP contribution in [-0.4, -0.2) is 39.0 Å². The zero-order chi connectivity index (χ0) is 24.4. The lowest BCUT2D eigenvalue weighted by molar-refractivity contribution is -0.136. The van der Waals surface area contributed by atoms with Crippen LogP contribution in [-0.2, 0) is 6.18 Å². The molecule has 0 spiro atoms. The quantitative estimate of drug-likeness (QED) is 0.336. The first-order valence-corrected chi connectivity index (χ1v) is 11.8. The largest absolute Gasteiger partial charge is 0.484 e. The van der Waals surface area contributed by atoms with E-state index in [0.29, 0.717) is 53.2 Å². The molecule has 0 unspecified atom stereocenters. The number of ether oxygens (including phenoxy) is 2. The van der Waals surface area contributed by atoms with Crippen molar-refractivity contribution < 1.29 is 22.6 Å². The van der Waals surface area contributed by atoms with Gasteiger partial charge >= 0.3 is 6.18 Å². The van der Waals surface area contributed by atoms with Crippen LogP contribution in [0.15, 0.2) is 55.1 Å². The van der Waals surface area contributed by atoms with E-state index in [2.05, 4.69) is 25.3 Å². The van der Waals surface area contributed by atoms with Crippen LogP contribution in [0.4, 0.5) is 19.0 Å². The standard InChI is InChI=1S/C24H20F3N5O2S/c1-14(17-4-6-29-23-22(17)33-7-8-34-23)35-13-32-20-11-19(30-12-31-20)16-9-15-3-2-5-28-21(15)18(10-16)24(25,26)27/h2-6,9-12,14H,7-8,13H2,1H3,(H,30,31,32)/t14-/m0/s1. The molecule has 4 heterocycles. The van der Waals surface area contributed by atoms with Gasteiger partial charge in [0.25, 0.3) is 5.88 Å². The molecule has 0 radical (unpaired) electrons. The van der Waals surface area contributed by atoms with Crippen molar-refractivity contribution >= 4 is 28.5 Å². The maximum atomic E-state index is 13.7. The number of pyridine rings is 2. The second-order valence-electron chi connectivity index (χ2n) is 7.75. The molecule has 0 bridgehead atoms. The summed E-state index contributed by atoms with van der Waals surface area (Å²) in [6.07, 6.45) is -0.164. The van der Waals surface area contributed by atoms with Gasteiger partial charge < -0.3 is 14.8 Å². The molecule has 1 aromatic carbocycles. The topological polar surface area (TPSA) is 82.1 Å². The van der Waals surface area contributed by atoms with Crippen LogP contribution in [0.2, 0.25) is 0 Å². The van der Waals surface area contributed by atoms with E-state index < -0.39 is 11.7 Å². The molecule has 0 amide bonds. The predicted octanol–water partition coefficient (Wildman–Crippen LogP) is 5.74. The van der Waals surface area contributed by atoms with Gasteiger partial charge in [0.15, 0.2) is 5.75 Å². The fourth-order valence-corrected chi connectivity index (χ4v) is 4.64. The second-order valence-corrected chi connectivity index (χ2v) is 9.08. The van der Waals surface area contributed by atoms with Crippen LogP contribution in [0.25, 0.3) is 22.2 Å². The zero-order valence-corrected chi connectivity index (χ0v) is 19.4. The Labute approximate surface area is 203 Å². The van der Waals surface area contributed by atoms with Crippen molar-refractivity contribution in [3.05, 3.63) is 66.2 Å². The lowest BCUT2D eigenvalue weighted by Crippen LogP contribution is -2.18. The average Bonchev–Trinajstić information content (AvgIpc) is 2.87. The molecule has 0 fully saturated rings. The zero-order valence-electron chi connectivity index (χ0n) is 18.5. The van der Waals surface area contributed by atoms with Gasteiger partial charge in [-0.2, -0.15) is 13.2 Å². The molecular formula is C24H20F3N5O2S. The highest BCUT2D eigenvalue weighted by atomic mass is 32.2. The van der Waals surface area contributed by atoms with Crippen molar-refractivity contribution in [2.45, 2.75) is 18.3 Å². The molecule has 180 valence electrons. The van der Waals surface area contributed by atoms with Gasteiger partial charge in [-0.25, -0.2) is 15.0 Å². The monoisotopic (exact) mass is 499 g/mol. The first kappa shape index (κ1) is 23.2. The highest BCUT2D eigenvalue weighted by Crippen LogP contribution is 2.40. The third kappa shape index (κ3) is 4.95. The fraction of sp³-hybridized carbons (Fsp3) is 0.250. The number of nitrogens with zero attached hydrogens (tertiary/aromatic N) is 4. The summed E-state index contributed by atoms with van der Waals surface area (Å²) in [7, 11) is 0. The Morgan fingerprint density at radius 2 is 1.89 bits per heavy atom. The summed E-state index contributed by atoms with van der Waals surface area (Å²) < 4.78 is 52.3. The van der Waals surface area contributed by atoms with Crippen LogP contribution in [0, 0.1) is 0 Å². The van der Waals surface area contributed by atoms with Crippen LogP contribution in [0.3, 0.4) is 0 Å². The molecule has 1 N–H and O–H groups in total. The number of aromatic nitrogens is 4. The van der Waals surface area contributed by atoms with Crippen LogP contribution in [0.5, 0.6) is 11.6 Å². The third-order valence-corrected chi connectivity index (χ3v) is 6.53. The van der Waals surface area contributed by atoms with E-state index in [1.165, 1.54) is 12.5 Å². The minimum absolute atomic E-state index is 0.0737. The molecule has 5 rings (SSSR count). The number of benzene rings is 1. The Hall–Kier alpha value is -3.60. The van der Waals surface area contributed by atoms with Gasteiger partial charge in [-0.3, -0.25) is 4.98 Å². The van der Waals surface area contributed by atoms with E-state index in [4.69, 9.17) is 9.47 Å². The molecule has 0 saturated heterocycles. The molecular weight excluding hydrogens is 479 g/mol. The third-order valence-electron chi connectivity index (χ3n) is 5.47. The molecule has 1 aliphatic rings. The second kappa shape index (κ2) is 9.57. The molecule has 4 aromatic rings. The number of anilines is 1. The van der Waals surface area contributed by atoms with E-state index >= 15 is 0 Å². The van der Waals surface area contributed by atoms with Crippen molar-refractivity contribution in [3.63, 3.8) is 0 Å². The maximum Gasteiger partial charge on any atom is 0.418 e. The summed E-state index contributed by atoms with van der Waals surface area (Å²) in [5.41, 5.74) is 0.814. The van der Waals surface area contributed by atoms with E-state index in [-0.39, 0.29) is 10.8 Å². The van der Waals surface area contributed by atoms with Gasteiger partial charge in [0.2, 0.25) is 0 Å². The maximum absolute atomic E-state index is 13.7. The van der Waals surface area contributed by atoms with Gasteiger partial charge in [0, 0.05) is 40.2 Å². The Balaban J connectivity index is 1.33. The van der Waals surface area contributed by atoms with Crippen LogP contribution < -0.4 is 14.8 Å². The summed E-state index contributed by atoms with van der Waals surface area (Å²) in [4.78, 5) is 16.5. The fourth-order valence-electron chi connectivity index (χ4n) is 3.79. The molecule has 1 atom stereocenters. The number of nitrogens with one attached hydrogen (secondary N) is 1. The SMILES string of the molecule is C[C@H](SCNc1cc(-c2cc(C(F)(F)F)c3ncccc3c2)ncn1)c1ccnc2c1OCCO2. The van der Waals surface area contributed by atoms with Crippen molar-refractivity contribution in [1.29, 1.82) is 0 Å². The lowest BCUT2D eigenvalue weighted by Gasteiger charge is -2.22. The first-order chi connectivity index (χ1) is 16.9. The normalized spacial score (nSPS) is 14.1. The van der Waals surface area contributed by atoms with Crippen LogP contribution >= 0.6 is 11.8 Å². The van der Waals surface area contributed by atoms with Gasteiger partial charge in [-0.05, 0) is 31.2 Å². The van der Waals surface area contributed by atoms with E-state index in [1.807, 2.05) is 13.0 Å². The number of fused-ring (bicyclic) bond motifs is 2. The summed E-state index contributed by atoms with van der Waals surface area (Å²) in [5, 5.41) is 3.67. The van der Waals surface area contributed by atoms with Crippen molar-refractivity contribution in [2.75, 3.05) is 24.4 Å². The van der Waals surface area contributed by atoms with E-state index in [0.717, 1.165) is 11.6 Å². The average molecular weight is 500 g/mol. The van der Waals surface area contributed by atoms with Crippen LogP contribution in [0.1, 0.15) is 23.3 Å². The van der Waals surface area contributed by atoms with Gasteiger partial charge in [0.1, 0.15) is 25.4 Å². The van der Waals surface area contributed by atoms with E-state index in [1.54, 1.807) is 42.2 Å². The highest BCUT2D eigenvalue weighted by Gasteiger charge is 2.34. The summed E-state index contributed by atoms with van der Waals surface area (Å²) in [6, 6.07) is 9.47. The number of hydrogen-bond donors (Lipinski definition) is 1. The first-order valence-electron chi connectivity index (χ1n) is 10.8. The Morgan fingerprint density at radius 3 is 2.74 bits per heavy atom. The highest BCUT2D eigenvalue weighted by molar-refractivity contribution is 7.99. The van der Waals surface area contributed by atoms with Crippen molar-refractivity contribution in [3.8, 4) is 22.9 Å². The number of hydrogen-bond acceptors (Lipinski definition) is 8. The smallest absolute Gasteiger partial charge is 0.418 e. The minimum Gasteiger partial charge on any atom is -0.484 e. The van der Waals surface area contributed by atoms with Gasteiger partial charge in [0.05, 0.1) is 22.7 Å². The van der Waals surface area contributed by atoms with Crippen molar-refractivity contribution in [1.82, 2.24) is 19.9 Å². The Kier molecular flexibility index (Phi) is 6.33. The molecule has 11 heteroatoms. The van der Waals surface area contributed by atoms with Gasteiger partial charge in [-0.1, -0.05) is 6.07 Å². The number of halogens is 3. The minimum atomic E-state index is -4.54. The number of rotatable bonds is 6. The molecule has 0 aliphatic carbocycles. The molecule has 35 heavy (non-hydrogen) atoms. The van der Waals surface area contributed by atoms with Gasteiger partial charge in [-0.15, -0.1) is 11.8 Å². The number of thioether (sulfide) groups is 1. The number of alkyl halides is 3. The predicted molar refractivity (Wildman–Crippen MR) is 127 cm³/mol. The summed E-state index contributed by atoms with van der Waals surface area (Å²) >= 11 is 1.61. The van der Waals surface area contributed by atoms with Crippen molar-refractivity contribution in [2.24, 2.45) is 0 Å². The molecule has 0 saturated carbocycles. The Morgan fingerprint density at radius 1 is 1.03 bits per heavy atom. The summed E-state index contributed by atoms with van der Waals surface area (Å²) in [6.45, 7) is 3.00. The molecule has 7 nitrogen and oxygen atoms in total. The Bertz CT molecular complexity index is 1370.